The van der Waals surface area contributed by atoms with E-state index in [1.165, 1.54) is 5.56 Å². The summed E-state index contributed by atoms with van der Waals surface area (Å²) in [6.45, 7) is 6.21. The van der Waals surface area contributed by atoms with Crippen molar-refractivity contribution < 1.29 is 4.74 Å². The number of para-hydroxylation sites is 1. The van der Waals surface area contributed by atoms with Gasteiger partial charge in [0, 0.05) is 6.54 Å². The molecule has 0 fully saturated rings. The molecule has 2 nitrogen and oxygen atoms in total. The first-order valence-electron chi connectivity index (χ1n) is 6.93. The molecule has 0 aromatic heterocycles. The Balaban J connectivity index is 2.08. The monoisotopic (exact) mass is 333 g/mol. The molecule has 0 bridgehead atoms. The van der Waals surface area contributed by atoms with Crippen molar-refractivity contribution in [2.75, 3.05) is 6.54 Å². The lowest BCUT2D eigenvalue weighted by atomic mass is 10.1. The van der Waals surface area contributed by atoms with Crippen LogP contribution in [0.3, 0.4) is 0 Å². The maximum atomic E-state index is 5.95. The first-order valence-corrected chi connectivity index (χ1v) is 7.72. The molecule has 0 saturated carbocycles. The SMILES string of the molecule is CCCNCc1ccc(Oc2ccccc2Br)c(C)c1. The van der Waals surface area contributed by atoms with Crippen molar-refractivity contribution in [2.45, 2.75) is 26.8 Å². The Kier molecular flexibility index (Phi) is 5.62. The van der Waals surface area contributed by atoms with Crippen molar-refractivity contribution >= 4 is 15.9 Å². The van der Waals surface area contributed by atoms with Crippen LogP contribution in [0.1, 0.15) is 24.5 Å². The lowest BCUT2D eigenvalue weighted by molar-refractivity contribution is 0.475. The predicted molar refractivity (Wildman–Crippen MR) is 87.4 cm³/mol. The number of rotatable bonds is 6. The quantitative estimate of drug-likeness (QED) is 0.747. The maximum absolute atomic E-state index is 5.95. The molecule has 0 aliphatic heterocycles. The zero-order valence-corrected chi connectivity index (χ0v) is 13.5. The zero-order valence-electron chi connectivity index (χ0n) is 11.9. The second kappa shape index (κ2) is 7.46. The van der Waals surface area contributed by atoms with Crippen LogP contribution in [0.2, 0.25) is 0 Å². The van der Waals surface area contributed by atoms with E-state index in [9.17, 15) is 0 Å². The number of aryl methyl sites for hydroxylation is 1. The van der Waals surface area contributed by atoms with Crippen LogP contribution < -0.4 is 10.1 Å². The van der Waals surface area contributed by atoms with Crippen molar-refractivity contribution in [3.8, 4) is 11.5 Å². The smallest absolute Gasteiger partial charge is 0.141 e. The summed E-state index contributed by atoms with van der Waals surface area (Å²) in [6, 6.07) is 14.2. The molecule has 3 heteroatoms. The Hall–Kier alpha value is -1.32. The summed E-state index contributed by atoms with van der Waals surface area (Å²) in [6.07, 6.45) is 1.15. The van der Waals surface area contributed by atoms with Gasteiger partial charge in [-0.1, -0.05) is 31.2 Å². The van der Waals surface area contributed by atoms with Gasteiger partial charge in [0.15, 0.2) is 0 Å². The van der Waals surface area contributed by atoms with Gasteiger partial charge >= 0.3 is 0 Å². The summed E-state index contributed by atoms with van der Waals surface area (Å²) >= 11 is 3.50. The van der Waals surface area contributed by atoms with Gasteiger partial charge in [-0.3, -0.25) is 0 Å². The van der Waals surface area contributed by atoms with Gasteiger partial charge in [0.25, 0.3) is 0 Å². The highest BCUT2D eigenvalue weighted by Crippen LogP contribution is 2.31. The van der Waals surface area contributed by atoms with Gasteiger partial charge in [0.05, 0.1) is 4.47 Å². The molecule has 0 atom stereocenters. The molecule has 0 aliphatic rings. The van der Waals surface area contributed by atoms with E-state index in [1.807, 2.05) is 30.3 Å². The molecule has 1 N–H and O–H groups in total. The number of hydrogen-bond acceptors (Lipinski definition) is 2. The van der Waals surface area contributed by atoms with Gasteiger partial charge in [-0.25, -0.2) is 0 Å². The van der Waals surface area contributed by atoms with Crippen molar-refractivity contribution in [3.05, 3.63) is 58.1 Å². The highest BCUT2D eigenvalue weighted by Gasteiger charge is 2.05. The minimum Gasteiger partial charge on any atom is -0.456 e. The molecule has 106 valence electrons. The summed E-state index contributed by atoms with van der Waals surface area (Å²) in [7, 11) is 0. The summed E-state index contributed by atoms with van der Waals surface area (Å²) in [5.41, 5.74) is 2.44. The summed E-state index contributed by atoms with van der Waals surface area (Å²) < 4.78 is 6.92. The fraction of sp³-hybridized carbons (Fsp3) is 0.294. The molecule has 2 aromatic rings. The molecule has 20 heavy (non-hydrogen) atoms. The van der Waals surface area contributed by atoms with Crippen molar-refractivity contribution in [2.24, 2.45) is 0 Å². The second-order valence-corrected chi connectivity index (χ2v) is 5.66. The third-order valence-corrected chi connectivity index (χ3v) is 3.71. The average Bonchev–Trinajstić information content (AvgIpc) is 2.44. The van der Waals surface area contributed by atoms with E-state index in [2.05, 4.69) is 47.2 Å². The number of benzene rings is 2. The van der Waals surface area contributed by atoms with Gasteiger partial charge in [-0.15, -0.1) is 0 Å². The van der Waals surface area contributed by atoms with Gasteiger partial charge in [0.2, 0.25) is 0 Å². The third-order valence-electron chi connectivity index (χ3n) is 3.05. The summed E-state index contributed by atoms with van der Waals surface area (Å²) in [4.78, 5) is 0. The van der Waals surface area contributed by atoms with Crippen molar-refractivity contribution in [1.82, 2.24) is 5.32 Å². The van der Waals surface area contributed by atoms with Gasteiger partial charge in [-0.2, -0.15) is 0 Å². The van der Waals surface area contributed by atoms with Crippen molar-refractivity contribution in [1.29, 1.82) is 0 Å². The van der Waals surface area contributed by atoms with E-state index in [0.29, 0.717) is 0 Å². The molecular weight excluding hydrogens is 314 g/mol. The van der Waals surface area contributed by atoms with Crippen LogP contribution in [0.15, 0.2) is 46.9 Å². The number of hydrogen-bond donors (Lipinski definition) is 1. The van der Waals surface area contributed by atoms with Crippen LogP contribution in [0.4, 0.5) is 0 Å². The Morgan fingerprint density at radius 3 is 2.60 bits per heavy atom. The zero-order chi connectivity index (χ0) is 14.4. The van der Waals surface area contributed by atoms with Crippen LogP contribution in [0.25, 0.3) is 0 Å². The van der Waals surface area contributed by atoms with Gasteiger partial charge in [0.1, 0.15) is 11.5 Å². The number of ether oxygens (including phenoxy) is 1. The van der Waals surface area contributed by atoms with E-state index in [1.54, 1.807) is 0 Å². The highest BCUT2D eigenvalue weighted by molar-refractivity contribution is 9.10. The van der Waals surface area contributed by atoms with Crippen LogP contribution in [-0.2, 0) is 6.54 Å². The molecule has 0 aliphatic carbocycles. The molecular formula is C17H20BrNO. The van der Waals surface area contributed by atoms with E-state index >= 15 is 0 Å². The average molecular weight is 334 g/mol. The Bertz CT molecular complexity index is 569. The van der Waals surface area contributed by atoms with Gasteiger partial charge < -0.3 is 10.1 Å². The van der Waals surface area contributed by atoms with Crippen LogP contribution in [0.5, 0.6) is 11.5 Å². The van der Waals surface area contributed by atoms with E-state index in [-0.39, 0.29) is 0 Å². The molecule has 0 heterocycles. The Morgan fingerprint density at radius 2 is 1.90 bits per heavy atom. The van der Waals surface area contributed by atoms with Crippen LogP contribution in [0, 0.1) is 6.92 Å². The fourth-order valence-corrected chi connectivity index (χ4v) is 2.36. The lowest BCUT2D eigenvalue weighted by Gasteiger charge is -2.12. The third kappa shape index (κ3) is 4.09. The fourth-order valence-electron chi connectivity index (χ4n) is 1.99. The molecule has 0 unspecified atom stereocenters. The minimum atomic E-state index is 0.840. The normalized spacial score (nSPS) is 10.6. The largest absolute Gasteiger partial charge is 0.456 e. The lowest BCUT2D eigenvalue weighted by Crippen LogP contribution is -2.13. The Morgan fingerprint density at radius 1 is 1.10 bits per heavy atom. The molecule has 0 saturated heterocycles. The topological polar surface area (TPSA) is 21.3 Å². The van der Waals surface area contributed by atoms with E-state index in [0.717, 1.165) is 41.0 Å². The van der Waals surface area contributed by atoms with E-state index < -0.39 is 0 Å². The standard InChI is InChI=1S/C17H20BrNO/c1-3-10-19-12-14-8-9-16(13(2)11-14)20-17-7-5-4-6-15(17)18/h4-9,11,19H,3,10,12H2,1-2H3. The molecule has 0 spiro atoms. The van der Waals surface area contributed by atoms with Crippen molar-refractivity contribution in [3.63, 3.8) is 0 Å². The van der Waals surface area contributed by atoms with Crippen LogP contribution >= 0.6 is 15.9 Å². The predicted octanol–water partition coefficient (Wildman–Crippen LogP) is 5.05. The summed E-state index contributed by atoms with van der Waals surface area (Å²) in [5.74, 6) is 1.74. The minimum absolute atomic E-state index is 0.840. The van der Waals surface area contributed by atoms with Crippen LogP contribution in [-0.4, -0.2) is 6.54 Å². The first-order chi connectivity index (χ1) is 9.70. The Labute approximate surface area is 129 Å². The molecule has 0 amide bonds. The van der Waals surface area contributed by atoms with E-state index in [4.69, 9.17) is 4.74 Å². The molecule has 2 aromatic carbocycles. The highest BCUT2D eigenvalue weighted by atomic mass is 79.9. The molecule has 0 radical (unpaired) electrons. The van der Waals surface area contributed by atoms with Gasteiger partial charge in [-0.05, 0) is 65.1 Å². The first kappa shape index (κ1) is 15.1. The number of nitrogens with one attached hydrogen (secondary N) is 1. The maximum Gasteiger partial charge on any atom is 0.141 e. The molecule has 2 rings (SSSR count). The second-order valence-electron chi connectivity index (χ2n) is 4.81. The number of halogens is 1. The summed E-state index contributed by atoms with van der Waals surface area (Å²) in [5, 5.41) is 3.41.